The van der Waals surface area contributed by atoms with Crippen LogP contribution in [0.2, 0.25) is 0 Å². The van der Waals surface area contributed by atoms with Gasteiger partial charge in [-0.25, -0.2) is 9.59 Å². The van der Waals surface area contributed by atoms with Crippen LogP contribution < -0.4 is 0 Å². The van der Waals surface area contributed by atoms with E-state index in [1.165, 1.54) is 11.9 Å². The van der Waals surface area contributed by atoms with Crippen molar-refractivity contribution in [1.29, 1.82) is 0 Å². The lowest BCUT2D eigenvalue weighted by molar-refractivity contribution is -0.149. The number of likely N-dealkylation sites (N-methyl/N-ethyl adjacent to an activating group) is 1. The molecule has 1 aliphatic heterocycles. The number of carbonyl (C=O) groups excluding carboxylic acids is 3. The number of esters is 1. The fourth-order valence-electron chi connectivity index (χ4n) is 3.32. The van der Waals surface area contributed by atoms with Crippen LogP contribution in [-0.2, 0) is 20.7 Å². The number of imide groups is 1. The monoisotopic (exact) mass is 366 g/mol. The van der Waals surface area contributed by atoms with Crippen LogP contribution in [0, 0.1) is 0 Å². The number of carbonyl (C=O) groups is 3. The lowest BCUT2D eigenvalue weighted by Crippen LogP contribution is -2.43. The first-order valence-corrected chi connectivity index (χ1v) is 8.90. The van der Waals surface area contributed by atoms with Crippen molar-refractivity contribution in [3.63, 3.8) is 0 Å². The maximum atomic E-state index is 12.9. The molecular formula is C21H22N2O4. The van der Waals surface area contributed by atoms with Crippen LogP contribution in [0.15, 0.2) is 60.7 Å². The molecule has 1 saturated heterocycles. The second-order valence-corrected chi connectivity index (χ2v) is 6.36. The highest BCUT2D eigenvalue weighted by molar-refractivity contribution is 6.05. The van der Waals surface area contributed by atoms with Crippen molar-refractivity contribution < 1.29 is 19.1 Å². The Morgan fingerprint density at radius 2 is 1.63 bits per heavy atom. The SMILES string of the molecule is CCOC(=O)C(c1ccccc1)N1C(=O)N(C)C(=O)C1Cc1ccccc1. The van der Waals surface area contributed by atoms with Crippen molar-refractivity contribution in [1.82, 2.24) is 9.80 Å². The van der Waals surface area contributed by atoms with Gasteiger partial charge in [0.15, 0.2) is 6.04 Å². The quantitative estimate of drug-likeness (QED) is 0.582. The van der Waals surface area contributed by atoms with Crippen LogP contribution in [0.5, 0.6) is 0 Å². The van der Waals surface area contributed by atoms with Gasteiger partial charge < -0.3 is 4.74 Å². The maximum absolute atomic E-state index is 12.9. The molecule has 2 aromatic rings. The van der Waals surface area contributed by atoms with Gasteiger partial charge in [0.25, 0.3) is 5.91 Å². The molecule has 6 heteroatoms. The number of benzene rings is 2. The van der Waals surface area contributed by atoms with E-state index < -0.39 is 24.1 Å². The third-order valence-corrected chi connectivity index (χ3v) is 4.63. The smallest absolute Gasteiger partial charge is 0.333 e. The Morgan fingerprint density at radius 1 is 1.04 bits per heavy atom. The highest BCUT2D eigenvalue weighted by atomic mass is 16.5. The number of amides is 3. The van der Waals surface area contributed by atoms with Gasteiger partial charge in [-0.2, -0.15) is 0 Å². The standard InChI is InChI=1S/C21H22N2O4/c1-3-27-20(25)18(16-12-8-5-9-13-16)23-17(19(24)22(2)21(23)26)14-15-10-6-4-7-11-15/h4-13,17-18H,3,14H2,1-2H3. The first-order valence-electron chi connectivity index (χ1n) is 8.90. The fourth-order valence-corrected chi connectivity index (χ4v) is 3.32. The summed E-state index contributed by atoms with van der Waals surface area (Å²) in [5.74, 6) is -0.868. The Hall–Kier alpha value is -3.15. The minimum Gasteiger partial charge on any atom is -0.464 e. The summed E-state index contributed by atoms with van der Waals surface area (Å²) in [7, 11) is 1.44. The largest absolute Gasteiger partial charge is 0.464 e. The summed E-state index contributed by atoms with van der Waals surface area (Å²) < 4.78 is 5.23. The highest BCUT2D eigenvalue weighted by Gasteiger charge is 2.49. The van der Waals surface area contributed by atoms with E-state index in [0.29, 0.717) is 12.0 Å². The number of rotatable bonds is 6. The molecule has 0 saturated carbocycles. The Labute approximate surface area is 158 Å². The highest BCUT2D eigenvalue weighted by Crippen LogP contribution is 2.32. The minimum absolute atomic E-state index is 0.192. The molecule has 0 aromatic heterocycles. The lowest BCUT2D eigenvalue weighted by atomic mass is 10.00. The summed E-state index contributed by atoms with van der Waals surface area (Å²) in [6.45, 7) is 1.90. The predicted molar refractivity (Wildman–Crippen MR) is 99.8 cm³/mol. The van der Waals surface area contributed by atoms with Gasteiger partial charge in [0.2, 0.25) is 0 Å². The molecule has 0 N–H and O–H groups in total. The average molecular weight is 366 g/mol. The van der Waals surface area contributed by atoms with E-state index in [1.54, 1.807) is 31.2 Å². The van der Waals surface area contributed by atoms with E-state index in [1.807, 2.05) is 36.4 Å². The van der Waals surface area contributed by atoms with Gasteiger partial charge in [-0.15, -0.1) is 0 Å². The first-order chi connectivity index (χ1) is 13.0. The van der Waals surface area contributed by atoms with E-state index in [0.717, 1.165) is 10.5 Å². The Balaban J connectivity index is 2.02. The summed E-state index contributed by atoms with van der Waals surface area (Å²) in [6.07, 6.45) is 0.332. The van der Waals surface area contributed by atoms with E-state index in [4.69, 9.17) is 4.74 Å². The lowest BCUT2D eigenvalue weighted by Gasteiger charge is -2.30. The van der Waals surface area contributed by atoms with Crippen molar-refractivity contribution in [3.05, 3.63) is 71.8 Å². The summed E-state index contributed by atoms with van der Waals surface area (Å²) in [5, 5.41) is 0. The maximum Gasteiger partial charge on any atom is 0.333 e. The average Bonchev–Trinajstić information content (AvgIpc) is 2.89. The molecule has 2 atom stereocenters. The molecule has 1 heterocycles. The Bertz CT molecular complexity index is 823. The van der Waals surface area contributed by atoms with E-state index in [-0.39, 0.29) is 12.5 Å². The van der Waals surface area contributed by atoms with Gasteiger partial charge in [-0.1, -0.05) is 60.7 Å². The molecule has 0 spiro atoms. The minimum atomic E-state index is -0.971. The van der Waals surface area contributed by atoms with Crippen LogP contribution in [0.3, 0.4) is 0 Å². The van der Waals surface area contributed by atoms with Gasteiger partial charge >= 0.3 is 12.0 Å². The van der Waals surface area contributed by atoms with Gasteiger partial charge in [0.05, 0.1) is 6.61 Å². The normalized spacial score (nSPS) is 17.9. The van der Waals surface area contributed by atoms with E-state index in [9.17, 15) is 14.4 Å². The summed E-state index contributed by atoms with van der Waals surface area (Å²) in [4.78, 5) is 40.8. The second-order valence-electron chi connectivity index (χ2n) is 6.36. The van der Waals surface area contributed by atoms with Gasteiger partial charge in [0.1, 0.15) is 6.04 Å². The molecule has 0 bridgehead atoms. The first kappa shape index (κ1) is 18.6. The van der Waals surface area contributed by atoms with E-state index >= 15 is 0 Å². The van der Waals surface area contributed by atoms with Crippen LogP contribution in [0.4, 0.5) is 4.79 Å². The summed E-state index contributed by atoms with van der Waals surface area (Å²) in [5.41, 5.74) is 1.53. The van der Waals surface area contributed by atoms with Gasteiger partial charge in [0, 0.05) is 13.5 Å². The molecular weight excluding hydrogens is 344 g/mol. The fraction of sp³-hybridized carbons (Fsp3) is 0.286. The zero-order valence-electron chi connectivity index (χ0n) is 15.4. The molecule has 3 amide bonds. The van der Waals surface area contributed by atoms with E-state index in [2.05, 4.69) is 0 Å². The molecule has 1 aliphatic rings. The topological polar surface area (TPSA) is 66.9 Å². The van der Waals surface area contributed by atoms with Crippen LogP contribution in [-0.4, -0.2) is 47.4 Å². The molecule has 2 aromatic carbocycles. The third kappa shape index (κ3) is 3.69. The second kappa shape index (κ2) is 8.03. The molecule has 0 radical (unpaired) electrons. The molecule has 140 valence electrons. The number of urea groups is 1. The molecule has 3 rings (SSSR count). The van der Waals surface area contributed by atoms with Crippen molar-refractivity contribution in [2.75, 3.05) is 13.7 Å². The number of nitrogens with zero attached hydrogens (tertiary/aromatic N) is 2. The number of ether oxygens (including phenoxy) is 1. The van der Waals surface area contributed by atoms with Gasteiger partial charge in [-0.3, -0.25) is 14.6 Å². The molecule has 6 nitrogen and oxygen atoms in total. The Kier molecular flexibility index (Phi) is 5.54. The van der Waals surface area contributed by atoms with Crippen LogP contribution in [0.1, 0.15) is 24.1 Å². The van der Waals surface area contributed by atoms with Crippen LogP contribution in [0.25, 0.3) is 0 Å². The zero-order chi connectivity index (χ0) is 19.4. The van der Waals surface area contributed by atoms with Crippen molar-refractivity contribution in [3.8, 4) is 0 Å². The molecule has 27 heavy (non-hydrogen) atoms. The molecule has 0 aliphatic carbocycles. The third-order valence-electron chi connectivity index (χ3n) is 4.63. The number of hydrogen-bond acceptors (Lipinski definition) is 4. The predicted octanol–water partition coefficient (Wildman–Crippen LogP) is 2.80. The molecule has 1 fully saturated rings. The van der Waals surface area contributed by atoms with Crippen molar-refractivity contribution >= 4 is 17.9 Å². The number of hydrogen-bond donors (Lipinski definition) is 0. The van der Waals surface area contributed by atoms with Crippen LogP contribution >= 0.6 is 0 Å². The Morgan fingerprint density at radius 3 is 2.22 bits per heavy atom. The van der Waals surface area contributed by atoms with Gasteiger partial charge in [-0.05, 0) is 18.1 Å². The zero-order valence-corrected chi connectivity index (χ0v) is 15.4. The van der Waals surface area contributed by atoms with Crippen molar-refractivity contribution in [2.45, 2.75) is 25.4 Å². The van der Waals surface area contributed by atoms with Crippen molar-refractivity contribution in [2.24, 2.45) is 0 Å². The molecule has 2 unspecified atom stereocenters. The summed E-state index contributed by atoms with van der Waals surface area (Å²) >= 11 is 0. The summed E-state index contributed by atoms with van der Waals surface area (Å²) in [6, 6.07) is 16.1.